The van der Waals surface area contributed by atoms with Crippen molar-refractivity contribution in [3.63, 3.8) is 0 Å². The summed E-state index contributed by atoms with van der Waals surface area (Å²) in [6.45, 7) is 2.58. The molecular formula is C22H23F3N2O2. The maximum absolute atomic E-state index is 12.7. The molecule has 1 atom stereocenters. The first kappa shape index (κ1) is 20.9. The van der Waals surface area contributed by atoms with Crippen molar-refractivity contribution in [1.29, 1.82) is 0 Å². The van der Waals surface area contributed by atoms with Gasteiger partial charge in [0.05, 0.1) is 11.6 Å². The smallest absolute Gasteiger partial charge is 0.352 e. The normalized spacial score (nSPS) is 16.3. The molecule has 4 nitrogen and oxygen atoms in total. The van der Waals surface area contributed by atoms with Crippen molar-refractivity contribution in [2.24, 2.45) is 0 Å². The van der Waals surface area contributed by atoms with E-state index >= 15 is 0 Å². The Labute approximate surface area is 167 Å². The van der Waals surface area contributed by atoms with Crippen LogP contribution < -0.4 is 5.32 Å². The first-order chi connectivity index (χ1) is 13.8. The van der Waals surface area contributed by atoms with E-state index in [4.69, 9.17) is 0 Å². The SMILES string of the molecule is CC1c2ccccc2CCN1C(=O)CCC(=O)NCc1cccc(C(F)(F)F)c1. The summed E-state index contributed by atoms with van der Waals surface area (Å²) in [5.74, 6) is -0.456. The maximum Gasteiger partial charge on any atom is 0.416 e. The highest BCUT2D eigenvalue weighted by Crippen LogP contribution is 2.30. The van der Waals surface area contributed by atoms with E-state index in [0.717, 1.165) is 24.1 Å². The summed E-state index contributed by atoms with van der Waals surface area (Å²) in [7, 11) is 0. The molecule has 0 aliphatic carbocycles. The van der Waals surface area contributed by atoms with Crippen LogP contribution in [0.2, 0.25) is 0 Å². The summed E-state index contributed by atoms with van der Waals surface area (Å²) in [6, 6.07) is 12.8. The van der Waals surface area contributed by atoms with E-state index in [2.05, 4.69) is 11.4 Å². The molecular weight excluding hydrogens is 381 g/mol. The number of rotatable bonds is 5. The number of carbonyl (C=O) groups excluding carboxylic acids is 2. The number of hydrogen-bond donors (Lipinski definition) is 1. The Morgan fingerprint density at radius 1 is 1.10 bits per heavy atom. The van der Waals surface area contributed by atoms with Crippen molar-refractivity contribution in [3.8, 4) is 0 Å². The van der Waals surface area contributed by atoms with Crippen LogP contribution in [0.1, 0.15) is 48.1 Å². The van der Waals surface area contributed by atoms with Gasteiger partial charge < -0.3 is 10.2 Å². The van der Waals surface area contributed by atoms with E-state index in [1.165, 1.54) is 17.7 Å². The second-order valence-corrected chi connectivity index (χ2v) is 7.19. The Hall–Kier alpha value is -2.83. The Bertz CT molecular complexity index is 896. The molecule has 154 valence electrons. The standard InChI is InChI=1S/C22H23F3N2O2/c1-15-19-8-3-2-6-17(19)11-12-27(15)21(29)10-9-20(28)26-14-16-5-4-7-18(13-16)22(23,24)25/h2-8,13,15H,9-12,14H2,1H3,(H,26,28). The molecule has 0 saturated carbocycles. The average Bonchev–Trinajstić information content (AvgIpc) is 2.70. The monoisotopic (exact) mass is 404 g/mol. The van der Waals surface area contributed by atoms with Gasteiger partial charge in [-0.1, -0.05) is 36.4 Å². The topological polar surface area (TPSA) is 49.4 Å². The van der Waals surface area contributed by atoms with Crippen molar-refractivity contribution >= 4 is 11.8 Å². The highest BCUT2D eigenvalue weighted by atomic mass is 19.4. The number of nitrogens with zero attached hydrogens (tertiary/aromatic N) is 1. The highest BCUT2D eigenvalue weighted by molar-refractivity contribution is 5.84. The fourth-order valence-corrected chi connectivity index (χ4v) is 3.62. The molecule has 2 aromatic carbocycles. The zero-order chi connectivity index (χ0) is 21.0. The van der Waals surface area contributed by atoms with E-state index in [9.17, 15) is 22.8 Å². The van der Waals surface area contributed by atoms with Gasteiger partial charge in [-0.25, -0.2) is 0 Å². The predicted octanol–water partition coefficient (Wildman–Crippen LogP) is 4.25. The van der Waals surface area contributed by atoms with Crippen molar-refractivity contribution in [2.45, 2.75) is 44.9 Å². The summed E-state index contributed by atoms with van der Waals surface area (Å²) in [5.41, 5.74) is 1.98. The lowest BCUT2D eigenvalue weighted by Gasteiger charge is -2.35. The van der Waals surface area contributed by atoms with Crippen molar-refractivity contribution < 1.29 is 22.8 Å². The number of carbonyl (C=O) groups is 2. The quantitative estimate of drug-likeness (QED) is 0.810. The van der Waals surface area contributed by atoms with Crippen LogP contribution in [0, 0.1) is 0 Å². The minimum Gasteiger partial charge on any atom is -0.352 e. The maximum atomic E-state index is 12.7. The lowest BCUT2D eigenvalue weighted by molar-refractivity contribution is -0.137. The van der Waals surface area contributed by atoms with Gasteiger partial charge in [0.2, 0.25) is 11.8 Å². The Kier molecular flexibility index (Phi) is 6.25. The van der Waals surface area contributed by atoms with Crippen LogP contribution in [0.15, 0.2) is 48.5 Å². The van der Waals surface area contributed by atoms with Gasteiger partial charge in [0, 0.05) is 25.9 Å². The molecule has 0 spiro atoms. The molecule has 2 amide bonds. The lowest BCUT2D eigenvalue weighted by atomic mass is 9.93. The van der Waals surface area contributed by atoms with Crippen LogP contribution in [0.25, 0.3) is 0 Å². The number of halogens is 3. The largest absolute Gasteiger partial charge is 0.416 e. The van der Waals surface area contributed by atoms with Crippen LogP contribution in [0.3, 0.4) is 0 Å². The van der Waals surface area contributed by atoms with Gasteiger partial charge in [0.15, 0.2) is 0 Å². The molecule has 0 bridgehead atoms. The van der Waals surface area contributed by atoms with Crippen molar-refractivity contribution in [2.75, 3.05) is 6.54 Å². The van der Waals surface area contributed by atoms with Crippen LogP contribution >= 0.6 is 0 Å². The summed E-state index contributed by atoms with van der Waals surface area (Å²) >= 11 is 0. The molecule has 1 heterocycles. The van der Waals surface area contributed by atoms with E-state index in [1.807, 2.05) is 25.1 Å². The highest BCUT2D eigenvalue weighted by Gasteiger charge is 2.30. The molecule has 1 unspecified atom stereocenters. The van der Waals surface area contributed by atoms with E-state index in [0.29, 0.717) is 12.1 Å². The fourth-order valence-electron chi connectivity index (χ4n) is 3.62. The van der Waals surface area contributed by atoms with E-state index in [-0.39, 0.29) is 37.2 Å². The molecule has 1 aliphatic rings. The second kappa shape index (κ2) is 8.68. The molecule has 3 rings (SSSR count). The third kappa shape index (κ3) is 5.16. The van der Waals surface area contributed by atoms with Gasteiger partial charge in [-0.2, -0.15) is 13.2 Å². The Morgan fingerprint density at radius 2 is 1.86 bits per heavy atom. The predicted molar refractivity (Wildman–Crippen MR) is 103 cm³/mol. The van der Waals surface area contributed by atoms with E-state index < -0.39 is 11.7 Å². The van der Waals surface area contributed by atoms with Gasteiger partial charge in [0.1, 0.15) is 0 Å². The summed E-state index contributed by atoms with van der Waals surface area (Å²) in [4.78, 5) is 26.4. The van der Waals surface area contributed by atoms with Crippen LogP contribution in [0.5, 0.6) is 0 Å². The lowest BCUT2D eigenvalue weighted by Crippen LogP contribution is -2.39. The van der Waals surface area contributed by atoms with Crippen LogP contribution in [-0.4, -0.2) is 23.3 Å². The number of benzene rings is 2. The average molecular weight is 404 g/mol. The minimum atomic E-state index is -4.42. The molecule has 0 radical (unpaired) electrons. The second-order valence-electron chi connectivity index (χ2n) is 7.19. The molecule has 7 heteroatoms. The summed E-state index contributed by atoms with van der Waals surface area (Å²) < 4.78 is 38.2. The molecule has 29 heavy (non-hydrogen) atoms. The zero-order valence-corrected chi connectivity index (χ0v) is 16.1. The molecule has 0 aromatic heterocycles. The fraction of sp³-hybridized carbons (Fsp3) is 0.364. The summed E-state index contributed by atoms with van der Waals surface area (Å²) in [6.07, 6.45) is -3.56. The van der Waals surface area contributed by atoms with E-state index in [1.54, 1.807) is 4.90 Å². The Balaban J connectivity index is 1.49. The zero-order valence-electron chi connectivity index (χ0n) is 16.1. The minimum absolute atomic E-state index is 0.00264. The van der Waals surface area contributed by atoms with Crippen molar-refractivity contribution in [1.82, 2.24) is 10.2 Å². The third-order valence-electron chi connectivity index (χ3n) is 5.23. The third-order valence-corrected chi connectivity index (χ3v) is 5.23. The number of alkyl halides is 3. The van der Waals surface area contributed by atoms with Crippen LogP contribution in [-0.2, 0) is 28.7 Å². The van der Waals surface area contributed by atoms with Gasteiger partial charge in [-0.3, -0.25) is 9.59 Å². The molecule has 1 N–H and O–H groups in total. The van der Waals surface area contributed by atoms with Gasteiger partial charge in [-0.05, 0) is 42.2 Å². The van der Waals surface area contributed by atoms with Crippen LogP contribution in [0.4, 0.5) is 13.2 Å². The van der Waals surface area contributed by atoms with Gasteiger partial charge >= 0.3 is 6.18 Å². The van der Waals surface area contributed by atoms with Crippen molar-refractivity contribution in [3.05, 3.63) is 70.8 Å². The summed E-state index contributed by atoms with van der Waals surface area (Å²) in [5, 5.41) is 2.59. The Morgan fingerprint density at radius 3 is 2.62 bits per heavy atom. The number of amides is 2. The first-order valence-electron chi connectivity index (χ1n) is 9.56. The molecule has 1 aliphatic heterocycles. The first-order valence-corrected chi connectivity index (χ1v) is 9.56. The molecule has 0 saturated heterocycles. The number of hydrogen-bond acceptors (Lipinski definition) is 2. The molecule has 0 fully saturated rings. The number of fused-ring (bicyclic) bond motifs is 1. The molecule has 2 aromatic rings. The van der Waals surface area contributed by atoms with Gasteiger partial charge in [-0.15, -0.1) is 0 Å². The number of nitrogens with one attached hydrogen (secondary N) is 1. The van der Waals surface area contributed by atoms with Gasteiger partial charge in [0.25, 0.3) is 0 Å².